The van der Waals surface area contributed by atoms with E-state index < -0.39 is 5.97 Å². The number of anilines is 1. The van der Waals surface area contributed by atoms with Crippen molar-refractivity contribution in [2.45, 2.75) is 45.1 Å². The van der Waals surface area contributed by atoms with Crippen LogP contribution in [0.25, 0.3) is 0 Å². The predicted molar refractivity (Wildman–Crippen MR) is 77.0 cm³/mol. The quantitative estimate of drug-likeness (QED) is 0.796. The predicted octanol–water partition coefficient (Wildman–Crippen LogP) is 2.47. The maximum absolute atomic E-state index is 11.9. The summed E-state index contributed by atoms with van der Waals surface area (Å²) in [5, 5.41) is 15.4. The average molecular weight is 297 g/mol. The zero-order chi connectivity index (χ0) is 14.5. The molecule has 0 atom stereocenters. The molecule has 0 aromatic carbocycles. The number of amides is 2. The van der Waals surface area contributed by atoms with E-state index in [0.29, 0.717) is 25.7 Å². The summed E-state index contributed by atoms with van der Waals surface area (Å²) in [6, 6.07) is -0.175. The van der Waals surface area contributed by atoms with Gasteiger partial charge in [-0.1, -0.05) is 6.92 Å². The van der Waals surface area contributed by atoms with Crippen LogP contribution >= 0.6 is 11.3 Å². The summed E-state index contributed by atoms with van der Waals surface area (Å²) in [6.45, 7) is 1.99. The molecule has 2 rings (SSSR count). The number of hydrogen-bond acceptors (Lipinski definition) is 4. The standard InChI is InChI=1S/C13H19N3O3S/c1-2-10-11(20-7-14-10)16-13(19)15-9-5-3-8(4-6-9)12(17)18/h7-9H,2-6H2,1H3,(H,17,18)(H2,15,16,19). The number of aliphatic carboxylic acids is 1. The van der Waals surface area contributed by atoms with Crippen LogP contribution in [0.3, 0.4) is 0 Å². The molecule has 7 heteroatoms. The van der Waals surface area contributed by atoms with E-state index in [1.807, 2.05) is 6.92 Å². The number of urea groups is 1. The first-order valence-corrected chi connectivity index (χ1v) is 7.70. The molecular weight excluding hydrogens is 278 g/mol. The number of thiazole rings is 1. The molecule has 1 aromatic rings. The van der Waals surface area contributed by atoms with Crippen molar-refractivity contribution in [3.63, 3.8) is 0 Å². The number of carboxylic acid groups (broad SMARTS) is 1. The molecule has 0 aliphatic heterocycles. The number of rotatable bonds is 4. The molecule has 20 heavy (non-hydrogen) atoms. The van der Waals surface area contributed by atoms with Gasteiger partial charge in [-0.2, -0.15) is 0 Å². The number of nitrogens with zero attached hydrogens (tertiary/aromatic N) is 1. The molecule has 0 spiro atoms. The molecule has 1 heterocycles. The minimum Gasteiger partial charge on any atom is -0.481 e. The maximum Gasteiger partial charge on any atom is 0.320 e. The van der Waals surface area contributed by atoms with Crippen molar-refractivity contribution in [2.75, 3.05) is 5.32 Å². The summed E-state index contributed by atoms with van der Waals surface area (Å²) >= 11 is 1.41. The Morgan fingerprint density at radius 2 is 2.10 bits per heavy atom. The maximum atomic E-state index is 11.9. The molecule has 0 saturated heterocycles. The fraction of sp³-hybridized carbons (Fsp3) is 0.615. The van der Waals surface area contributed by atoms with Crippen LogP contribution in [0.1, 0.15) is 38.3 Å². The van der Waals surface area contributed by atoms with Crippen molar-refractivity contribution in [3.8, 4) is 0 Å². The van der Waals surface area contributed by atoms with E-state index in [0.717, 1.165) is 17.1 Å². The Balaban J connectivity index is 1.80. The smallest absolute Gasteiger partial charge is 0.320 e. The van der Waals surface area contributed by atoms with Gasteiger partial charge in [-0.25, -0.2) is 9.78 Å². The minimum atomic E-state index is -0.731. The number of carbonyl (C=O) groups excluding carboxylic acids is 1. The number of aromatic nitrogens is 1. The normalized spacial score (nSPS) is 22.2. The average Bonchev–Trinajstić information content (AvgIpc) is 2.86. The second-order valence-corrected chi connectivity index (χ2v) is 5.82. The first kappa shape index (κ1) is 14.8. The zero-order valence-electron chi connectivity index (χ0n) is 11.4. The van der Waals surface area contributed by atoms with Gasteiger partial charge in [0.25, 0.3) is 0 Å². The molecule has 1 aliphatic rings. The van der Waals surface area contributed by atoms with E-state index in [1.54, 1.807) is 5.51 Å². The second-order valence-electron chi connectivity index (χ2n) is 4.97. The molecule has 0 bridgehead atoms. The van der Waals surface area contributed by atoms with Crippen LogP contribution in [0, 0.1) is 5.92 Å². The van der Waals surface area contributed by atoms with Gasteiger partial charge in [0.05, 0.1) is 17.1 Å². The Bertz CT molecular complexity index is 481. The lowest BCUT2D eigenvalue weighted by atomic mass is 9.86. The number of hydrogen-bond donors (Lipinski definition) is 3. The molecule has 0 unspecified atom stereocenters. The van der Waals surface area contributed by atoms with Gasteiger partial charge in [-0.15, -0.1) is 11.3 Å². The van der Waals surface area contributed by atoms with Gasteiger partial charge in [0.15, 0.2) is 0 Å². The van der Waals surface area contributed by atoms with Crippen molar-refractivity contribution in [3.05, 3.63) is 11.2 Å². The van der Waals surface area contributed by atoms with Crippen LogP contribution in [-0.4, -0.2) is 28.1 Å². The molecule has 1 saturated carbocycles. The Labute approximate surface area is 121 Å². The molecule has 1 aliphatic carbocycles. The number of nitrogens with one attached hydrogen (secondary N) is 2. The second kappa shape index (κ2) is 6.69. The number of aryl methyl sites for hydroxylation is 1. The minimum absolute atomic E-state index is 0.0589. The lowest BCUT2D eigenvalue weighted by Crippen LogP contribution is -2.40. The monoisotopic (exact) mass is 297 g/mol. The highest BCUT2D eigenvalue weighted by Crippen LogP contribution is 2.25. The summed E-state index contributed by atoms with van der Waals surface area (Å²) in [4.78, 5) is 26.9. The van der Waals surface area contributed by atoms with Crippen molar-refractivity contribution >= 4 is 28.3 Å². The summed E-state index contributed by atoms with van der Waals surface area (Å²) < 4.78 is 0. The van der Waals surface area contributed by atoms with Gasteiger partial charge in [0, 0.05) is 6.04 Å². The third-order valence-corrected chi connectivity index (χ3v) is 4.40. The summed E-state index contributed by atoms with van der Waals surface area (Å²) in [5.74, 6) is -0.991. The van der Waals surface area contributed by atoms with Crippen molar-refractivity contribution in [1.29, 1.82) is 0 Å². The van der Waals surface area contributed by atoms with E-state index in [-0.39, 0.29) is 18.0 Å². The Morgan fingerprint density at radius 3 is 2.70 bits per heavy atom. The van der Waals surface area contributed by atoms with Gasteiger partial charge in [-0.05, 0) is 32.1 Å². The topological polar surface area (TPSA) is 91.3 Å². The van der Waals surface area contributed by atoms with Crippen LogP contribution in [-0.2, 0) is 11.2 Å². The van der Waals surface area contributed by atoms with E-state index in [9.17, 15) is 9.59 Å². The van der Waals surface area contributed by atoms with Crippen LogP contribution in [0.4, 0.5) is 9.80 Å². The van der Waals surface area contributed by atoms with Gasteiger partial charge >= 0.3 is 12.0 Å². The Kier molecular flexibility index (Phi) is 4.94. The summed E-state index contributed by atoms with van der Waals surface area (Å²) in [6.07, 6.45) is 3.46. The van der Waals surface area contributed by atoms with Gasteiger partial charge in [0.1, 0.15) is 5.00 Å². The molecule has 6 nitrogen and oxygen atoms in total. The molecule has 1 fully saturated rings. The first-order chi connectivity index (χ1) is 9.60. The Morgan fingerprint density at radius 1 is 1.40 bits per heavy atom. The van der Waals surface area contributed by atoms with Gasteiger partial charge < -0.3 is 10.4 Å². The zero-order valence-corrected chi connectivity index (χ0v) is 12.2. The SMILES string of the molecule is CCc1ncsc1NC(=O)NC1CCC(C(=O)O)CC1. The van der Waals surface area contributed by atoms with Crippen LogP contribution in [0.15, 0.2) is 5.51 Å². The summed E-state index contributed by atoms with van der Waals surface area (Å²) in [7, 11) is 0. The van der Waals surface area contributed by atoms with E-state index in [2.05, 4.69) is 15.6 Å². The largest absolute Gasteiger partial charge is 0.481 e. The Hall–Kier alpha value is -1.63. The van der Waals surface area contributed by atoms with E-state index >= 15 is 0 Å². The molecular formula is C13H19N3O3S. The number of carboxylic acids is 1. The van der Waals surface area contributed by atoms with Crippen molar-refractivity contribution < 1.29 is 14.7 Å². The third-order valence-electron chi connectivity index (χ3n) is 3.61. The van der Waals surface area contributed by atoms with E-state index in [4.69, 9.17) is 5.11 Å². The lowest BCUT2D eigenvalue weighted by molar-refractivity contribution is -0.142. The van der Waals surface area contributed by atoms with Crippen LogP contribution in [0.5, 0.6) is 0 Å². The van der Waals surface area contributed by atoms with Crippen molar-refractivity contribution in [1.82, 2.24) is 10.3 Å². The first-order valence-electron chi connectivity index (χ1n) is 6.82. The van der Waals surface area contributed by atoms with E-state index in [1.165, 1.54) is 11.3 Å². The van der Waals surface area contributed by atoms with Crippen molar-refractivity contribution in [2.24, 2.45) is 5.92 Å². The molecule has 0 radical (unpaired) electrons. The highest BCUT2D eigenvalue weighted by molar-refractivity contribution is 7.14. The number of carbonyl (C=O) groups is 2. The van der Waals surface area contributed by atoms with Gasteiger partial charge in [-0.3, -0.25) is 10.1 Å². The summed E-state index contributed by atoms with van der Waals surface area (Å²) in [5.41, 5.74) is 2.60. The molecule has 1 aromatic heterocycles. The highest BCUT2D eigenvalue weighted by atomic mass is 32.1. The lowest BCUT2D eigenvalue weighted by Gasteiger charge is -2.26. The van der Waals surface area contributed by atoms with Gasteiger partial charge in [0.2, 0.25) is 0 Å². The highest BCUT2D eigenvalue weighted by Gasteiger charge is 2.26. The molecule has 2 amide bonds. The fourth-order valence-corrected chi connectivity index (χ4v) is 3.20. The van der Waals surface area contributed by atoms with Crippen LogP contribution in [0.2, 0.25) is 0 Å². The van der Waals surface area contributed by atoms with Crippen LogP contribution < -0.4 is 10.6 Å². The molecule has 3 N–H and O–H groups in total. The molecule has 110 valence electrons. The fourth-order valence-electron chi connectivity index (χ4n) is 2.43. The third kappa shape index (κ3) is 3.69.